The van der Waals surface area contributed by atoms with Crippen LogP contribution >= 0.6 is 0 Å². The molecule has 2 aromatic rings. The van der Waals surface area contributed by atoms with Crippen molar-refractivity contribution in [1.29, 1.82) is 0 Å². The molecule has 7 nitrogen and oxygen atoms in total. The lowest BCUT2D eigenvalue weighted by Crippen LogP contribution is -2.41. The SMILES string of the molecule is COc1ccccc1/C=C/C(=O)NCC1CCN(C(=O)c2ccc(OC)c(OC)c2)CC1. The number of benzene rings is 2. The molecular formula is C25H30N2O5. The summed E-state index contributed by atoms with van der Waals surface area (Å²) in [6.07, 6.45) is 4.96. The quantitative estimate of drug-likeness (QED) is 0.640. The Labute approximate surface area is 189 Å². The van der Waals surface area contributed by atoms with Crippen molar-refractivity contribution >= 4 is 17.9 Å². The predicted octanol–water partition coefficient (Wildman–Crippen LogP) is 3.39. The van der Waals surface area contributed by atoms with Crippen LogP contribution < -0.4 is 19.5 Å². The van der Waals surface area contributed by atoms with Crippen LogP contribution in [0.1, 0.15) is 28.8 Å². The molecule has 0 saturated carbocycles. The first-order chi connectivity index (χ1) is 15.5. The summed E-state index contributed by atoms with van der Waals surface area (Å²) in [5, 5.41) is 2.96. The number of carbonyl (C=O) groups is 2. The van der Waals surface area contributed by atoms with Gasteiger partial charge in [0.25, 0.3) is 5.91 Å². The minimum atomic E-state index is -0.139. The van der Waals surface area contributed by atoms with Gasteiger partial charge in [0.1, 0.15) is 5.75 Å². The molecule has 0 unspecified atom stereocenters. The maximum atomic E-state index is 12.9. The van der Waals surface area contributed by atoms with Crippen LogP contribution in [0, 0.1) is 5.92 Å². The van der Waals surface area contributed by atoms with Crippen molar-refractivity contribution in [1.82, 2.24) is 10.2 Å². The van der Waals surface area contributed by atoms with Crippen LogP contribution in [0.15, 0.2) is 48.5 Å². The lowest BCUT2D eigenvalue weighted by atomic mass is 9.96. The van der Waals surface area contributed by atoms with Crippen LogP contribution in [0.2, 0.25) is 0 Å². The van der Waals surface area contributed by atoms with Crippen LogP contribution in [-0.2, 0) is 4.79 Å². The fourth-order valence-electron chi connectivity index (χ4n) is 3.77. The Morgan fingerprint density at radius 3 is 2.34 bits per heavy atom. The summed E-state index contributed by atoms with van der Waals surface area (Å²) in [5.74, 6) is 2.04. The summed E-state index contributed by atoms with van der Waals surface area (Å²) >= 11 is 0. The van der Waals surface area contributed by atoms with Gasteiger partial charge in [-0.1, -0.05) is 18.2 Å². The first kappa shape index (κ1) is 23.2. The number of methoxy groups -OCH3 is 3. The number of carbonyl (C=O) groups excluding carboxylic acids is 2. The zero-order valence-corrected chi connectivity index (χ0v) is 18.8. The van der Waals surface area contributed by atoms with E-state index in [1.165, 1.54) is 6.08 Å². The van der Waals surface area contributed by atoms with Gasteiger partial charge >= 0.3 is 0 Å². The van der Waals surface area contributed by atoms with Gasteiger partial charge in [-0.05, 0) is 49.1 Å². The van der Waals surface area contributed by atoms with Crippen molar-refractivity contribution in [3.63, 3.8) is 0 Å². The van der Waals surface area contributed by atoms with Crippen LogP contribution in [-0.4, -0.2) is 57.7 Å². The Morgan fingerprint density at radius 2 is 1.66 bits per heavy atom. The molecular weight excluding hydrogens is 408 g/mol. The van der Waals surface area contributed by atoms with Crippen molar-refractivity contribution in [3.8, 4) is 17.2 Å². The number of para-hydroxylation sites is 1. The van der Waals surface area contributed by atoms with E-state index in [9.17, 15) is 9.59 Å². The number of nitrogens with one attached hydrogen (secondary N) is 1. The molecule has 32 heavy (non-hydrogen) atoms. The predicted molar refractivity (Wildman–Crippen MR) is 123 cm³/mol. The second-order valence-corrected chi connectivity index (χ2v) is 7.63. The monoisotopic (exact) mass is 438 g/mol. The van der Waals surface area contributed by atoms with Gasteiger partial charge in [0.2, 0.25) is 5.91 Å². The third-order valence-corrected chi connectivity index (χ3v) is 5.65. The van der Waals surface area contributed by atoms with Crippen LogP contribution in [0.25, 0.3) is 6.08 Å². The van der Waals surface area contributed by atoms with Crippen molar-refractivity contribution in [2.75, 3.05) is 41.0 Å². The molecule has 0 spiro atoms. The lowest BCUT2D eigenvalue weighted by molar-refractivity contribution is -0.116. The fourth-order valence-corrected chi connectivity index (χ4v) is 3.77. The average molecular weight is 439 g/mol. The molecule has 1 saturated heterocycles. The summed E-state index contributed by atoms with van der Waals surface area (Å²) in [6.45, 7) is 1.91. The van der Waals surface area contributed by atoms with E-state index < -0.39 is 0 Å². The maximum absolute atomic E-state index is 12.9. The van der Waals surface area contributed by atoms with Crippen molar-refractivity contribution in [2.45, 2.75) is 12.8 Å². The number of likely N-dealkylation sites (tertiary alicyclic amines) is 1. The molecule has 2 aromatic carbocycles. The first-order valence-corrected chi connectivity index (χ1v) is 10.7. The minimum Gasteiger partial charge on any atom is -0.496 e. The van der Waals surface area contributed by atoms with Gasteiger partial charge < -0.3 is 24.4 Å². The molecule has 170 valence electrons. The van der Waals surface area contributed by atoms with Gasteiger partial charge in [-0.2, -0.15) is 0 Å². The molecule has 1 aliphatic heterocycles. The molecule has 2 amide bonds. The lowest BCUT2D eigenvalue weighted by Gasteiger charge is -2.32. The van der Waals surface area contributed by atoms with Crippen molar-refractivity contribution in [3.05, 3.63) is 59.7 Å². The summed E-state index contributed by atoms with van der Waals surface area (Å²) < 4.78 is 15.8. The van der Waals surface area contributed by atoms with E-state index in [1.54, 1.807) is 45.6 Å². The third kappa shape index (κ3) is 5.81. The van der Waals surface area contributed by atoms with Gasteiger partial charge in [-0.3, -0.25) is 9.59 Å². The van der Waals surface area contributed by atoms with E-state index in [0.29, 0.717) is 42.6 Å². The molecule has 0 atom stereocenters. The van der Waals surface area contributed by atoms with E-state index in [-0.39, 0.29) is 11.8 Å². The van der Waals surface area contributed by atoms with E-state index in [0.717, 1.165) is 24.2 Å². The number of ether oxygens (including phenoxy) is 3. The van der Waals surface area contributed by atoms with Crippen LogP contribution in [0.3, 0.4) is 0 Å². The zero-order valence-electron chi connectivity index (χ0n) is 18.8. The fraction of sp³-hybridized carbons (Fsp3) is 0.360. The maximum Gasteiger partial charge on any atom is 0.253 e. The Balaban J connectivity index is 1.47. The number of hydrogen-bond acceptors (Lipinski definition) is 5. The number of hydrogen-bond donors (Lipinski definition) is 1. The highest BCUT2D eigenvalue weighted by Crippen LogP contribution is 2.29. The number of piperidine rings is 1. The van der Waals surface area contributed by atoms with E-state index in [1.807, 2.05) is 29.2 Å². The molecule has 0 bridgehead atoms. The molecule has 0 radical (unpaired) electrons. The molecule has 1 fully saturated rings. The smallest absolute Gasteiger partial charge is 0.253 e. The number of amides is 2. The van der Waals surface area contributed by atoms with Crippen molar-refractivity contribution < 1.29 is 23.8 Å². The van der Waals surface area contributed by atoms with Gasteiger partial charge in [0.15, 0.2) is 11.5 Å². The Kier molecular flexibility index (Phi) is 8.14. The third-order valence-electron chi connectivity index (χ3n) is 5.65. The average Bonchev–Trinajstić information content (AvgIpc) is 2.85. The molecule has 1 N–H and O–H groups in total. The normalized spacial score (nSPS) is 14.3. The largest absolute Gasteiger partial charge is 0.496 e. The summed E-state index contributed by atoms with van der Waals surface area (Å²) in [5.41, 5.74) is 1.43. The summed E-state index contributed by atoms with van der Waals surface area (Å²) in [4.78, 5) is 26.9. The van der Waals surface area contributed by atoms with Crippen LogP contribution in [0.5, 0.6) is 17.2 Å². The second kappa shape index (κ2) is 11.2. The van der Waals surface area contributed by atoms with E-state index in [2.05, 4.69) is 5.32 Å². The minimum absolute atomic E-state index is 0.0202. The second-order valence-electron chi connectivity index (χ2n) is 7.63. The summed E-state index contributed by atoms with van der Waals surface area (Å²) in [7, 11) is 4.73. The Hall–Kier alpha value is -3.48. The van der Waals surface area contributed by atoms with Gasteiger partial charge in [-0.25, -0.2) is 0 Å². The van der Waals surface area contributed by atoms with Gasteiger partial charge in [0, 0.05) is 36.8 Å². The molecule has 1 aliphatic rings. The summed E-state index contributed by atoms with van der Waals surface area (Å²) in [6, 6.07) is 12.7. The van der Waals surface area contributed by atoms with Gasteiger partial charge in [0.05, 0.1) is 21.3 Å². The molecule has 3 rings (SSSR count). The van der Waals surface area contributed by atoms with Crippen LogP contribution in [0.4, 0.5) is 0 Å². The molecule has 0 aliphatic carbocycles. The standard InChI is InChI=1S/C25H30N2O5/c1-30-21-7-5-4-6-19(21)9-11-24(28)26-17-18-12-14-27(15-13-18)25(29)20-8-10-22(31-2)23(16-20)32-3/h4-11,16,18H,12-15,17H2,1-3H3,(H,26,28)/b11-9+. The van der Waals surface area contributed by atoms with E-state index >= 15 is 0 Å². The highest BCUT2D eigenvalue weighted by atomic mass is 16.5. The Bertz CT molecular complexity index is 965. The molecule has 1 heterocycles. The highest BCUT2D eigenvalue weighted by Gasteiger charge is 2.24. The number of rotatable bonds is 8. The molecule has 7 heteroatoms. The van der Waals surface area contributed by atoms with Crippen molar-refractivity contribution in [2.24, 2.45) is 5.92 Å². The zero-order chi connectivity index (χ0) is 22.9. The first-order valence-electron chi connectivity index (χ1n) is 10.7. The van der Waals surface area contributed by atoms with E-state index in [4.69, 9.17) is 14.2 Å². The van der Waals surface area contributed by atoms with Gasteiger partial charge in [-0.15, -0.1) is 0 Å². The topological polar surface area (TPSA) is 77.1 Å². The molecule has 0 aromatic heterocycles. The Morgan fingerprint density at radius 1 is 0.969 bits per heavy atom. The number of nitrogens with zero attached hydrogens (tertiary/aromatic N) is 1. The highest BCUT2D eigenvalue weighted by molar-refractivity contribution is 5.95.